The molecule has 0 saturated heterocycles. The van der Waals surface area contributed by atoms with Crippen molar-refractivity contribution in [3.8, 4) is 5.75 Å². The van der Waals surface area contributed by atoms with Gasteiger partial charge in [-0.3, -0.25) is 0 Å². The molecule has 0 fully saturated rings. The lowest BCUT2D eigenvalue weighted by Gasteiger charge is -2.02. The van der Waals surface area contributed by atoms with Gasteiger partial charge in [-0.25, -0.2) is 4.98 Å². The summed E-state index contributed by atoms with van der Waals surface area (Å²) in [6, 6.07) is 1.76. The first kappa shape index (κ1) is 6.86. The van der Waals surface area contributed by atoms with Gasteiger partial charge in [0, 0.05) is 13.2 Å². The Morgan fingerprint density at radius 1 is 1.60 bits per heavy atom. The summed E-state index contributed by atoms with van der Waals surface area (Å²) in [4.78, 5) is 3.90. The highest BCUT2D eigenvalue weighted by molar-refractivity contribution is 5.52. The Bertz CT molecular complexity index is 235. The summed E-state index contributed by atoms with van der Waals surface area (Å²) in [7, 11) is 1.72. The zero-order valence-corrected chi connectivity index (χ0v) is 6.05. The molecular formula is C7H10N2O. The molecule has 0 aliphatic heterocycles. The predicted molar refractivity (Wildman–Crippen MR) is 40.2 cm³/mol. The summed E-state index contributed by atoms with van der Waals surface area (Å²) >= 11 is 0. The van der Waals surface area contributed by atoms with Crippen LogP contribution < -0.4 is 5.32 Å². The van der Waals surface area contributed by atoms with Crippen LogP contribution in [0, 0.1) is 6.92 Å². The van der Waals surface area contributed by atoms with E-state index in [2.05, 4.69) is 10.3 Å². The lowest BCUT2D eigenvalue weighted by atomic mass is 10.3. The van der Waals surface area contributed by atoms with Gasteiger partial charge in [0.15, 0.2) is 11.6 Å². The maximum atomic E-state index is 9.27. The molecule has 0 saturated carbocycles. The molecule has 54 valence electrons. The van der Waals surface area contributed by atoms with Crippen LogP contribution in [-0.4, -0.2) is 17.1 Å². The lowest BCUT2D eigenvalue weighted by Crippen LogP contribution is -1.92. The molecule has 1 aromatic heterocycles. The fourth-order valence-electron chi connectivity index (χ4n) is 0.733. The molecule has 0 aromatic carbocycles. The molecule has 2 N–H and O–H groups in total. The van der Waals surface area contributed by atoms with Gasteiger partial charge in [0.25, 0.3) is 0 Å². The van der Waals surface area contributed by atoms with Crippen molar-refractivity contribution in [2.75, 3.05) is 12.4 Å². The number of hydrogen-bond acceptors (Lipinski definition) is 3. The van der Waals surface area contributed by atoms with Gasteiger partial charge in [0.1, 0.15) is 0 Å². The monoisotopic (exact) mass is 138 g/mol. The zero-order valence-electron chi connectivity index (χ0n) is 6.05. The first-order valence-electron chi connectivity index (χ1n) is 3.08. The third-order valence-electron chi connectivity index (χ3n) is 1.36. The Kier molecular flexibility index (Phi) is 1.76. The second-order valence-corrected chi connectivity index (χ2v) is 2.08. The Morgan fingerprint density at radius 3 is 2.80 bits per heavy atom. The van der Waals surface area contributed by atoms with Crippen molar-refractivity contribution in [2.24, 2.45) is 0 Å². The van der Waals surface area contributed by atoms with Crippen molar-refractivity contribution < 1.29 is 5.11 Å². The average Bonchev–Trinajstić information content (AvgIpc) is 1.95. The van der Waals surface area contributed by atoms with E-state index in [1.54, 1.807) is 19.3 Å². The standard InChI is InChI=1S/C7H10N2O/c1-5-3-4-9-7(8-2)6(5)10/h3-4,10H,1-2H3,(H,8,9). The summed E-state index contributed by atoms with van der Waals surface area (Å²) in [6.45, 7) is 1.83. The highest BCUT2D eigenvalue weighted by Gasteiger charge is 2.00. The number of hydrogen-bond donors (Lipinski definition) is 2. The van der Waals surface area contributed by atoms with Crippen molar-refractivity contribution in [2.45, 2.75) is 6.92 Å². The first-order chi connectivity index (χ1) is 4.75. The first-order valence-corrected chi connectivity index (χ1v) is 3.08. The third-order valence-corrected chi connectivity index (χ3v) is 1.36. The van der Waals surface area contributed by atoms with Gasteiger partial charge < -0.3 is 10.4 Å². The number of nitrogens with zero attached hydrogens (tertiary/aromatic N) is 1. The highest BCUT2D eigenvalue weighted by atomic mass is 16.3. The van der Waals surface area contributed by atoms with Crippen LogP contribution in [-0.2, 0) is 0 Å². The molecule has 3 nitrogen and oxygen atoms in total. The average molecular weight is 138 g/mol. The van der Waals surface area contributed by atoms with Crippen LogP contribution in [0.2, 0.25) is 0 Å². The van der Waals surface area contributed by atoms with Crippen LogP contribution in [0.25, 0.3) is 0 Å². The molecule has 0 atom stereocenters. The Balaban J connectivity index is 3.14. The molecule has 0 aliphatic carbocycles. The Labute approximate surface area is 59.7 Å². The molecule has 1 heterocycles. The molecule has 1 aromatic rings. The number of anilines is 1. The molecule has 0 unspecified atom stereocenters. The third kappa shape index (κ3) is 1.03. The van der Waals surface area contributed by atoms with E-state index >= 15 is 0 Å². The summed E-state index contributed by atoms with van der Waals surface area (Å²) in [5, 5.41) is 12.0. The molecule has 0 spiro atoms. The van der Waals surface area contributed by atoms with Crippen LogP contribution in [0.1, 0.15) is 5.56 Å². The van der Waals surface area contributed by atoms with Gasteiger partial charge in [-0.15, -0.1) is 0 Å². The van der Waals surface area contributed by atoms with Gasteiger partial charge >= 0.3 is 0 Å². The lowest BCUT2D eigenvalue weighted by molar-refractivity contribution is 0.471. The van der Waals surface area contributed by atoms with Gasteiger partial charge in [0.2, 0.25) is 0 Å². The summed E-state index contributed by atoms with van der Waals surface area (Å²) in [5.41, 5.74) is 0.833. The van der Waals surface area contributed by atoms with E-state index in [0.29, 0.717) is 5.82 Å². The van der Waals surface area contributed by atoms with Crippen molar-refractivity contribution >= 4 is 5.82 Å². The molecule has 10 heavy (non-hydrogen) atoms. The normalized spacial score (nSPS) is 9.40. The SMILES string of the molecule is CNc1nccc(C)c1O. The highest BCUT2D eigenvalue weighted by Crippen LogP contribution is 2.22. The van der Waals surface area contributed by atoms with Gasteiger partial charge in [0.05, 0.1) is 0 Å². The van der Waals surface area contributed by atoms with E-state index in [4.69, 9.17) is 0 Å². The van der Waals surface area contributed by atoms with Crippen LogP contribution in [0.4, 0.5) is 5.82 Å². The summed E-state index contributed by atoms with van der Waals surface area (Å²) in [5.74, 6) is 0.755. The number of aromatic hydroxyl groups is 1. The fraction of sp³-hybridized carbons (Fsp3) is 0.286. The number of nitrogens with one attached hydrogen (secondary N) is 1. The molecule has 1 rings (SSSR count). The van der Waals surface area contributed by atoms with Crippen molar-refractivity contribution in [1.29, 1.82) is 0 Å². The Morgan fingerprint density at radius 2 is 2.30 bits per heavy atom. The molecular weight excluding hydrogens is 128 g/mol. The van der Waals surface area contributed by atoms with E-state index < -0.39 is 0 Å². The predicted octanol–water partition coefficient (Wildman–Crippen LogP) is 1.14. The largest absolute Gasteiger partial charge is 0.504 e. The van der Waals surface area contributed by atoms with Gasteiger partial charge in [-0.2, -0.15) is 0 Å². The number of pyridine rings is 1. The quantitative estimate of drug-likeness (QED) is 0.611. The van der Waals surface area contributed by atoms with Crippen LogP contribution in [0.3, 0.4) is 0 Å². The number of aryl methyl sites for hydroxylation is 1. The minimum Gasteiger partial charge on any atom is -0.504 e. The van der Waals surface area contributed by atoms with E-state index in [1.165, 1.54) is 0 Å². The number of aromatic nitrogens is 1. The van der Waals surface area contributed by atoms with Gasteiger partial charge in [-0.05, 0) is 18.6 Å². The number of rotatable bonds is 1. The zero-order chi connectivity index (χ0) is 7.56. The minimum atomic E-state index is 0.227. The van der Waals surface area contributed by atoms with E-state index in [-0.39, 0.29) is 5.75 Å². The smallest absolute Gasteiger partial charge is 0.168 e. The van der Waals surface area contributed by atoms with Crippen LogP contribution in [0.15, 0.2) is 12.3 Å². The van der Waals surface area contributed by atoms with Crippen molar-refractivity contribution in [1.82, 2.24) is 4.98 Å². The van der Waals surface area contributed by atoms with Crippen molar-refractivity contribution in [3.63, 3.8) is 0 Å². The summed E-state index contributed by atoms with van der Waals surface area (Å²) in [6.07, 6.45) is 1.65. The summed E-state index contributed by atoms with van der Waals surface area (Å²) < 4.78 is 0. The van der Waals surface area contributed by atoms with E-state index in [9.17, 15) is 5.11 Å². The fourth-order valence-corrected chi connectivity index (χ4v) is 0.733. The maximum Gasteiger partial charge on any atom is 0.168 e. The van der Waals surface area contributed by atoms with Crippen LogP contribution in [0.5, 0.6) is 5.75 Å². The molecule has 0 aliphatic rings. The topological polar surface area (TPSA) is 45.2 Å². The Hall–Kier alpha value is -1.25. The van der Waals surface area contributed by atoms with Crippen molar-refractivity contribution in [3.05, 3.63) is 17.8 Å². The second kappa shape index (κ2) is 2.56. The molecule has 0 radical (unpaired) electrons. The maximum absolute atomic E-state index is 9.27. The minimum absolute atomic E-state index is 0.227. The van der Waals surface area contributed by atoms with E-state index in [1.807, 2.05) is 6.92 Å². The van der Waals surface area contributed by atoms with Gasteiger partial charge in [-0.1, -0.05) is 0 Å². The van der Waals surface area contributed by atoms with E-state index in [0.717, 1.165) is 5.56 Å². The second-order valence-electron chi connectivity index (χ2n) is 2.08. The van der Waals surface area contributed by atoms with Crippen LogP contribution >= 0.6 is 0 Å². The molecule has 0 bridgehead atoms. The molecule has 3 heteroatoms. The molecule has 0 amide bonds.